The molecule has 0 unspecified atom stereocenters. The largest absolute Gasteiger partial charge is 0.497 e. The summed E-state index contributed by atoms with van der Waals surface area (Å²) in [6.07, 6.45) is 3.73. The predicted octanol–water partition coefficient (Wildman–Crippen LogP) is 5.93. The molecule has 44 heavy (non-hydrogen) atoms. The van der Waals surface area contributed by atoms with Crippen LogP contribution in [0.4, 0.5) is 11.4 Å². The summed E-state index contributed by atoms with van der Waals surface area (Å²) in [5.74, 6) is -1.29. The van der Waals surface area contributed by atoms with Crippen LogP contribution in [0.2, 0.25) is 0 Å². The summed E-state index contributed by atoms with van der Waals surface area (Å²) in [7, 11) is 3.01. The van der Waals surface area contributed by atoms with Crippen LogP contribution >= 0.6 is 0 Å². The van der Waals surface area contributed by atoms with Crippen molar-refractivity contribution in [3.63, 3.8) is 0 Å². The van der Waals surface area contributed by atoms with E-state index in [-0.39, 0.29) is 22.8 Å². The van der Waals surface area contributed by atoms with E-state index in [9.17, 15) is 24.5 Å². The SMILES string of the molecule is COc1ccc(OC)c([C@@H]2[C@@H](C(=O)c3ccc([N+](=O)[O-])cc3)N3c4ccccc4C=C[C@@H]3C23C(=O)c2ccccc2C3=O)c1. The highest BCUT2D eigenvalue weighted by atomic mass is 16.6. The molecule has 4 aromatic carbocycles. The quantitative estimate of drug-likeness (QED) is 0.118. The molecular formula is C35H26N2O7. The average Bonchev–Trinajstić information content (AvgIpc) is 3.50. The molecule has 3 atom stereocenters. The molecule has 2 heterocycles. The van der Waals surface area contributed by atoms with E-state index in [4.69, 9.17) is 9.47 Å². The van der Waals surface area contributed by atoms with Gasteiger partial charge in [0.15, 0.2) is 17.3 Å². The Labute approximate surface area is 252 Å². The number of rotatable bonds is 6. The Kier molecular flexibility index (Phi) is 6.21. The molecule has 0 amide bonds. The van der Waals surface area contributed by atoms with Crippen LogP contribution in [-0.2, 0) is 0 Å². The van der Waals surface area contributed by atoms with E-state index in [1.165, 1.54) is 38.5 Å². The van der Waals surface area contributed by atoms with Crippen LogP contribution in [0.15, 0.2) is 97.1 Å². The van der Waals surface area contributed by atoms with Gasteiger partial charge in [-0.3, -0.25) is 24.5 Å². The number of para-hydroxylation sites is 1. The van der Waals surface area contributed by atoms with Crippen molar-refractivity contribution >= 4 is 34.8 Å². The normalized spacial score (nSPS) is 20.7. The highest BCUT2D eigenvalue weighted by molar-refractivity contribution is 6.32. The van der Waals surface area contributed by atoms with Gasteiger partial charge >= 0.3 is 0 Å². The number of hydrogen-bond acceptors (Lipinski definition) is 8. The molecule has 1 aliphatic carbocycles. The Morgan fingerprint density at radius 1 is 0.864 bits per heavy atom. The van der Waals surface area contributed by atoms with E-state index in [0.29, 0.717) is 33.9 Å². The molecule has 0 bridgehead atoms. The van der Waals surface area contributed by atoms with Crippen molar-refractivity contribution in [1.29, 1.82) is 0 Å². The third-order valence-corrected chi connectivity index (χ3v) is 9.12. The summed E-state index contributed by atoms with van der Waals surface area (Å²) >= 11 is 0. The minimum atomic E-state index is -1.73. The maximum atomic E-state index is 14.8. The number of carbonyl (C=O) groups excluding carboxylic acids is 3. The van der Waals surface area contributed by atoms with E-state index in [1.54, 1.807) is 42.5 Å². The first-order valence-corrected chi connectivity index (χ1v) is 14.1. The molecule has 4 aromatic rings. The molecule has 9 heteroatoms. The van der Waals surface area contributed by atoms with E-state index >= 15 is 0 Å². The molecule has 218 valence electrons. The molecule has 2 aliphatic heterocycles. The lowest BCUT2D eigenvalue weighted by atomic mass is 9.64. The number of benzene rings is 4. The first kappa shape index (κ1) is 27.3. The van der Waals surface area contributed by atoms with Gasteiger partial charge in [-0.2, -0.15) is 0 Å². The molecule has 3 aliphatic rings. The van der Waals surface area contributed by atoms with E-state index in [1.807, 2.05) is 41.3 Å². The van der Waals surface area contributed by atoms with Crippen LogP contribution in [0.3, 0.4) is 0 Å². The van der Waals surface area contributed by atoms with E-state index < -0.39 is 34.1 Å². The number of hydrogen-bond donors (Lipinski definition) is 0. The summed E-state index contributed by atoms with van der Waals surface area (Å²) in [6, 6.07) is 22.9. The lowest BCUT2D eigenvalue weighted by Crippen LogP contribution is -2.48. The standard InChI is InChI=1S/C35H26N2O7/c1-43-23-16-17-28(44-2)26(19-23)30-31(32(38)21-11-14-22(15-12-21)37(41)42)36-27-10-6-3-7-20(27)13-18-29(36)35(30)33(39)24-8-4-5-9-25(24)34(35)40/h3-19,29-31H,1-2H3/t29-,30-,31+/m1/s1. The van der Waals surface area contributed by atoms with Crippen molar-refractivity contribution in [3.8, 4) is 11.5 Å². The molecule has 0 radical (unpaired) electrons. The van der Waals surface area contributed by atoms with Gasteiger partial charge in [0.1, 0.15) is 23.0 Å². The number of Topliss-reactive ketones (excluding diaryl/α,β-unsaturated/α-hetero) is 3. The van der Waals surface area contributed by atoms with Crippen molar-refractivity contribution in [3.05, 3.63) is 135 Å². The number of ketones is 3. The summed E-state index contributed by atoms with van der Waals surface area (Å²) in [5.41, 5.74) is 0.937. The lowest BCUT2D eigenvalue weighted by Gasteiger charge is -2.37. The highest BCUT2D eigenvalue weighted by Crippen LogP contribution is 2.62. The predicted molar refractivity (Wildman–Crippen MR) is 163 cm³/mol. The minimum Gasteiger partial charge on any atom is -0.497 e. The Morgan fingerprint density at radius 3 is 2.16 bits per heavy atom. The second-order valence-corrected chi connectivity index (χ2v) is 11.0. The number of carbonyl (C=O) groups is 3. The zero-order chi connectivity index (χ0) is 30.7. The zero-order valence-electron chi connectivity index (χ0n) is 23.8. The summed E-state index contributed by atoms with van der Waals surface area (Å²) in [4.78, 5) is 57.2. The summed E-state index contributed by atoms with van der Waals surface area (Å²) in [5, 5.41) is 11.4. The van der Waals surface area contributed by atoms with Gasteiger partial charge in [-0.05, 0) is 42.0 Å². The fourth-order valence-electron chi connectivity index (χ4n) is 7.26. The highest BCUT2D eigenvalue weighted by Gasteiger charge is 2.72. The van der Waals surface area contributed by atoms with Gasteiger partial charge in [-0.15, -0.1) is 0 Å². The van der Waals surface area contributed by atoms with Crippen LogP contribution < -0.4 is 14.4 Å². The molecular weight excluding hydrogens is 560 g/mol. The number of ether oxygens (including phenoxy) is 2. The van der Waals surface area contributed by atoms with Gasteiger partial charge in [0.25, 0.3) is 5.69 Å². The van der Waals surface area contributed by atoms with Gasteiger partial charge in [0.05, 0.1) is 25.2 Å². The topological polar surface area (TPSA) is 116 Å². The van der Waals surface area contributed by atoms with Crippen molar-refractivity contribution in [2.45, 2.75) is 18.0 Å². The molecule has 1 fully saturated rings. The molecule has 1 saturated heterocycles. The number of anilines is 1. The summed E-state index contributed by atoms with van der Waals surface area (Å²) < 4.78 is 11.4. The van der Waals surface area contributed by atoms with Crippen LogP contribution in [0, 0.1) is 15.5 Å². The Balaban J connectivity index is 1.56. The Bertz CT molecular complexity index is 1880. The third kappa shape index (κ3) is 3.62. The smallest absolute Gasteiger partial charge is 0.269 e. The van der Waals surface area contributed by atoms with Crippen LogP contribution in [-0.4, -0.2) is 48.6 Å². The molecule has 0 N–H and O–H groups in total. The van der Waals surface area contributed by atoms with Crippen molar-refractivity contribution in [2.24, 2.45) is 5.41 Å². The minimum absolute atomic E-state index is 0.156. The molecule has 0 saturated carbocycles. The monoisotopic (exact) mass is 586 g/mol. The van der Waals surface area contributed by atoms with E-state index in [0.717, 1.165) is 5.56 Å². The summed E-state index contributed by atoms with van der Waals surface area (Å²) in [6.45, 7) is 0. The van der Waals surface area contributed by atoms with Gasteiger partial charge in [-0.25, -0.2) is 0 Å². The van der Waals surface area contributed by atoms with Gasteiger partial charge in [0.2, 0.25) is 0 Å². The van der Waals surface area contributed by atoms with Gasteiger partial charge < -0.3 is 14.4 Å². The first-order chi connectivity index (χ1) is 21.3. The van der Waals surface area contributed by atoms with E-state index in [2.05, 4.69) is 0 Å². The van der Waals surface area contributed by atoms with Gasteiger partial charge in [0, 0.05) is 46.0 Å². The van der Waals surface area contributed by atoms with Gasteiger partial charge in [-0.1, -0.05) is 54.6 Å². The first-order valence-electron chi connectivity index (χ1n) is 14.1. The second-order valence-electron chi connectivity index (χ2n) is 11.0. The molecule has 9 nitrogen and oxygen atoms in total. The number of fused-ring (bicyclic) bond motifs is 5. The van der Waals surface area contributed by atoms with Crippen molar-refractivity contribution in [2.75, 3.05) is 19.1 Å². The Hall–Kier alpha value is -5.57. The van der Waals surface area contributed by atoms with Crippen LogP contribution in [0.5, 0.6) is 11.5 Å². The van der Waals surface area contributed by atoms with Crippen molar-refractivity contribution in [1.82, 2.24) is 0 Å². The number of nitro benzene ring substituents is 1. The number of nitrogens with zero attached hydrogens (tertiary/aromatic N) is 2. The molecule has 0 aromatic heterocycles. The molecule has 1 spiro atoms. The second kappa shape index (κ2) is 10.0. The zero-order valence-corrected chi connectivity index (χ0v) is 23.8. The maximum absolute atomic E-state index is 14.8. The fraction of sp³-hybridized carbons (Fsp3) is 0.171. The van der Waals surface area contributed by atoms with Crippen LogP contribution in [0.1, 0.15) is 48.1 Å². The van der Waals surface area contributed by atoms with Crippen molar-refractivity contribution < 1.29 is 28.8 Å². The Morgan fingerprint density at radius 2 is 1.52 bits per heavy atom. The number of methoxy groups -OCH3 is 2. The number of nitro groups is 1. The molecule has 7 rings (SSSR count). The lowest BCUT2D eigenvalue weighted by molar-refractivity contribution is -0.384. The third-order valence-electron chi connectivity index (χ3n) is 9.12. The fourth-order valence-corrected chi connectivity index (χ4v) is 7.26. The average molecular weight is 587 g/mol. The maximum Gasteiger partial charge on any atom is 0.269 e. The van der Waals surface area contributed by atoms with Crippen LogP contribution in [0.25, 0.3) is 6.08 Å². The number of non-ortho nitro benzene ring substituents is 1.